The molecule has 134 valence electrons. The highest BCUT2D eigenvalue weighted by Crippen LogP contribution is 2.44. The van der Waals surface area contributed by atoms with Gasteiger partial charge in [-0.05, 0) is 37.6 Å². The molecule has 26 heavy (non-hydrogen) atoms. The highest BCUT2D eigenvalue weighted by Gasteiger charge is 2.28. The maximum Gasteiger partial charge on any atom is 0.200 e. The number of ether oxygens (including phenoxy) is 2. The van der Waals surface area contributed by atoms with Crippen molar-refractivity contribution in [1.82, 2.24) is 9.78 Å². The van der Waals surface area contributed by atoms with Crippen LogP contribution in [0, 0.1) is 13.8 Å². The van der Waals surface area contributed by atoms with Crippen molar-refractivity contribution >= 4 is 5.69 Å². The number of hydrogen-bond acceptors (Lipinski definition) is 5. The number of aromatic nitrogens is 2. The third kappa shape index (κ3) is 2.37. The third-order valence-corrected chi connectivity index (χ3v) is 4.75. The second-order valence-electron chi connectivity index (χ2n) is 6.43. The van der Waals surface area contributed by atoms with Gasteiger partial charge in [0.2, 0.25) is 5.75 Å². The number of rotatable bonds is 3. The van der Waals surface area contributed by atoms with Crippen LogP contribution in [-0.2, 0) is 0 Å². The monoisotopic (exact) mass is 351 g/mol. The van der Waals surface area contributed by atoms with Crippen molar-refractivity contribution in [2.45, 2.75) is 20.0 Å². The van der Waals surface area contributed by atoms with E-state index in [1.807, 2.05) is 11.6 Å². The number of phenols is 1. The Bertz CT molecular complexity index is 969. The predicted octanol–water partition coefficient (Wildman–Crippen LogP) is 3.86. The largest absolute Gasteiger partial charge is 0.502 e. The van der Waals surface area contributed by atoms with E-state index in [1.165, 1.54) is 14.2 Å². The Hall–Kier alpha value is -3.15. The predicted molar refractivity (Wildman–Crippen MR) is 100 cm³/mol. The summed E-state index contributed by atoms with van der Waals surface area (Å²) in [6, 6.07) is 11.9. The van der Waals surface area contributed by atoms with Gasteiger partial charge in [-0.3, -0.25) is 0 Å². The van der Waals surface area contributed by atoms with Crippen molar-refractivity contribution in [1.29, 1.82) is 0 Å². The summed E-state index contributed by atoms with van der Waals surface area (Å²) in [4.78, 5) is 0. The zero-order valence-corrected chi connectivity index (χ0v) is 15.2. The molecule has 1 aliphatic rings. The lowest BCUT2D eigenvalue weighted by molar-refractivity contribution is 0.338. The minimum absolute atomic E-state index is 0.0111. The Morgan fingerprint density at radius 1 is 1.08 bits per heavy atom. The molecule has 4 rings (SSSR count). The van der Waals surface area contributed by atoms with Crippen LogP contribution in [0.2, 0.25) is 0 Å². The lowest BCUT2D eigenvalue weighted by Crippen LogP contribution is -2.26. The first-order valence-corrected chi connectivity index (χ1v) is 8.41. The van der Waals surface area contributed by atoms with Gasteiger partial charge in [0.15, 0.2) is 11.5 Å². The van der Waals surface area contributed by atoms with Gasteiger partial charge in [0.1, 0.15) is 6.17 Å². The first kappa shape index (κ1) is 16.3. The lowest BCUT2D eigenvalue weighted by Gasteiger charge is -2.30. The Kier molecular flexibility index (Phi) is 3.76. The Balaban J connectivity index is 1.92. The van der Waals surface area contributed by atoms with Crippen LogP contribution in [0.3, 0.4) is 0 Å². The van der Waals surface area contributed by atoms with Gasteiger partial charge in [0.25, 0.3) is 0 Å². The molecule has 0 aliphatic carbocycles. The zero-order chi connectivity index (χ0) is 18.4. The average molecular weight is 351 g/mol. The quantitative estimate of drug-likeness (QED) is 0.750. The molecule has 1 aliphatic heterocycles. The second kappa shape index (κ2) is 5.98. The van der Waals surface area contributed by atoms with Gasteiger partial charge in [0.05, 0.1) is 25.6 Å². The van der Waals surface area contributed by atoms with Crippen molar-refractivity contribution in [2.75, 3.05) is 19.5 Å². The molecule has 0 unspecified atom stereocenters. The molecule has 0 bridgehead atoms. The summed E-state index contributed by atoms with van der Waals surface area (Å²) < 4.78 is 12.6. The first-order valence-electron chi connectivity index (χ1n) is 8.41. The number of fused-ring (bicyclic) bond motifs is 3. The van der Waals surface area contributed by atoms with Crippen molar-refractivity contribution in [3.63, 3.8) is 0 Å². The van der Waals surface area contributed by atoms with Crippen LogP contribution in [0.1, 0.15) is 23.0 Å². The van der Waals surface area contributed by atoms with E-state index in [9.17, 15) is 5.11 Å². The van der Waals surface area contributed by atoms with E-state index in [-0.39, 0.29) is 11.9 Å². The number of benzene rings is 2. The molecule has 1 aromatic heterocycles. The van der Waals surface area contributed by atoms with Crippen LogP contribution >= 0.6 is 0 Å². The molecular weight excluding hydrogens is 330 g/mol. The lowest BCUT2D eigenvalue weighted by atomic mass is 10.0. The molecule has 3 aromatic rings. The number of aromatic hydroxyl groups is 1. The number of hydrogen-bond donors (Lipinski definition) is 2. The van der Waals surface area contributed by atoms with E-state index in [2.05, 4.69) is 41.6 Å². The summed E-state index contributed by atoms with van der Waals surface area (Å²) >= 11 is 0. The van der Waals surface area contributed by atoms with Gasteiger partial charge in [-0.2, -0.15) is 5.10 Å². The van der Waals surface area contributed by atoms with Gasteiger partial charge in [-0.25, -0.2) is 4.68 Å². The molecule has 0 amide bonds. The minimum atomic E-state index is -0.240. The molecule has 2 aromatic carbocycles. The number of phenolic OH excluding ortho intramolecular Hbond substituents is 1. The zero-order valence-electron chi connectivity index (χ0n) is 15.2. The summed E-state index contributed by atoms with van der Waals surface area (Å²) in [6.45, 7) is 4.07. The minimum Gasteiger partial charge on any atom is -0.502 e. The van der Waals surface area contributed by atoms with E-state index >= 15 is 0 Å². The van der Waals surface area contributed by atoms with Crippen molar-refractivity contribution < 1.29 is 14.6 Å². The topological polar surface area (TPSA) is 68.5 Å². The summed E-state index contributed by atoms with van der Waals surface area (Å²) in [7, 11) is 3.05. The number of para-hydroxylation sites is 1. The van der Waals surface area contributed by atoms with Crippen LogP contribution in [0.25, 0.3) is 11.3 Å². The van der Waals surface area contributed by atoms with Crippen molar-refractivity contribution in [3.05, 3.63) is 53.2 Å². The molecule has 0 radical (unpaired) electrons. The van der Waals surface area contributed by atoms with E-state index in [0.717, 1.165) is 33.8 Å². The molecule has 2 heterocycles. The molecule has 0 saturated carbocycles. The van der Waals surface area contributed by atoms with E-state index in [0.29, 0.717) is 11.5 Å². The molecule has 2 N–H and O–H groups in total. The summed E-state index contributed by atoms with van der Waals surface area (Å²) in [6.07, 6.45) is -0.240. The Morgan fingerprint density at radius 3 is 2.42 bits per heavy atom. The SMILES string of the molecule is COc1cc([C@H]2Nc3c(C)cccc3-c3cc(C)nn32)cc(OC)c1O. The van der Waals surface area contributed by atoms with Crippen molar-refractivity contribution in [3.8, 4) is 28.5 Å². The third-order valence-electron chi connectivity index (χ3n) is 4.75. The van der Waals surface area contributed by atoms with Crippen LogP contribution in [0.5, 0.6) is 17.2 Å². The van der Waals surface area contributed by atoms with Crippen LogP contribution in [0.15, 0.2) is 36.4 Å². The van der Waals surface area contributed by atoms with Gasteiger partial charge >= 0.3 is 0 Å². The fourth-order valence-corrected chi connectivity index (χ4v) is 3.48. The molecular formula is C20H21N3O3. The fraction of sp³-hybridized carbons (Fsp3) is 0.250. The maximum atomic E-state index is 10.2. The Labute approximate surface area is 152 Å². The standard InChI is InChI=1S/C20H21N3O3/c1-11-6-5-7-14-15-8-12(2)22-23(15)20(21-18(11)14)13-9-16(25-3)19(24)17(10-13)26-4/h5-10,20-21,24H,1-4H3/t20-/m0/s1. The van der Waals surface area contributed by atoms with Gasteiger partial charge in [-0.15, -0.1) is 0 Å². The van der Waals surface area contributed by atoms with Gasteiger partial charge in [0, 0.05) is 16.8 Å². The van der Waals surface area contributed by atoms with Gasteiger partial charge < -0.3 is 19.9 Å². The van der Waals surface area contributed by atoms with E-state index in [4.69, 9.17) is 9.47 Å². The Morgan fingerprint density at radius 2 is 1.77 bits per heavy atom. The second-order valence-corrected chi connectivity index (χ2v) is 6.43. The number of nitrogens with one attached hydrogen (secondary N) is 1. The molecule has 6 nitrogen and oxygen atoms in total. The molecule has 0 fully saturated rings. The van der Waals surface area contributed by atoms with E-state index < -0.39 is 0 Å². The van der Waals surface area contributed by atoms with Crippen LogP contribution in [-0.4, -0.2) is 29.1 Å². The highest BCUT2D eigenvalue weighted by atomic mass is 16.5. The molecule has 0 spiro atoms. The molecule has 1 atom stereocenters. The molecule has 6 heteroatoms. The van der Waals surface area contributed by atoms with Crippen LogP contribution in [0.4, 0.5) is 5.69 Å². The number of nitrogens with zero attached hydrogens (tertiary/aromatic N) is 2. The first-order chi connectivity index (χ1) is 12.5. The van der Waals surface area contributed by atoms with E-state index in [1.54, 1.807) is 12.1 Å². The highest BCUT2D eigenvalue weighted by molar-refractivity contribution is 5.81. The summed E-state index contributed by atoms with van der Waals surface area (Å²) in [5.74, 6) is 0.715. The summed E-state index contributed by atoms with van der Waals surface area (Å²) in [5, 5.41) is 18.5. The number of aryl methyl sites for hydroxylation is 2. The van der Waals surface area contributed by atoms with Crippen LogP contribution < -0.4 is 14.8 Å². The summed E-state index contributed by atoms with van der Waals surface area (Å²) in [5.41, 5.74) is 6.25. The number of methoxy groups -OCH3 is 2. The number of anilines is 1. The van der Waals surface area contributed by atoms with Gasteiger partial charge in [-0.1, -0.05) is 18.2 Å². The average Bonchev–Trinajstić information content (AvgIpc) is 3.03. The molecule has 0 saturated heterocycles. The fourth-order valence-electron chi connectivity index (χ4n) is 3.48. The smallest absolute Gasteiger partial charge is 0.200 e. The maximum absolute atomic E-state index is 10.2. The normalized spacial score (nSPS) is 15.0. The van der Waals surface area contributed by atoms with Crippen molar-refractivity contribution in [2.24, 2.45) is 0 Å².